The minimum atomic E-state index is -0.245. The summed E-state index contributed by atoms with van der Waals surface area (Å²) in [6, 6.07) is 14.8. The van der Waals surface area contributed by atoms with Crippen LogP contribution in [0.5, 0.6) is 0 Å². The van der Waals surface area contributed by atoms with Crippen molar-refractivity contribution in [3.63, 3.8) is 0 Å². The Balaban J connectivity index is 1.21. The van der Waals surface area contributed by atoms with Gasteiger partial charge in [-0.15, -0.1) is 0 Å². The fourth-order valence-corrected chi connectivity index (χ4v) is 4.66. The zero-order chi connectivity index (χ0) is 23.5. The predicted molar refractivity (Wildman–Crippen MR) is 135 cm³/mol. The van der Waals surface area contributed by atoms with Crippen LogP contribution in [0.3, 0.4) is 0 Å². The monoisotopic (exact) mass is 448 g/mol. The number of aryl methyl sites for hydroxylation is 2. The van der Waals surface area contributed by atoms with Crippen LogP contribution in [-0.4, -0.2) is 21.0 Å². The van der Waals surface area contributed by atoms with Crippen LogP contribution >= 0.6 is 0 Å². The summed E-state index contributed by atoms with van der Waals surface area (Å²) < 4.78 is 2.05. The highest BCUT2D eigenvalue weighted by Gasteiger charge is 2.25. The number of imidazole rings is 1. The summed E-state index contributed by atoms with van der Waals surface area (Å²) in [6.07, 6.45) is 18.0. The first-order valence-electron chi connectivity index (χ1n) is 11.9. The molecular weight excluding hydrogens is 420 g/mol. The maximum Gasteiger partial charge on any atom is 0.167 e. The van der Waals surface area contributed by atoms with Crippen molar-refractivity contribution in [3.05, 3.63) is 119 Å². The maximum atomic E-state index is 12.8. The van der Waals surface area contributed by atoms with Gasteiger partial charge in [0.25, 0.3) is 0 Å². The lowest BCUT2D eigenvalue weighted by Crippen LogP contribution is -2.19. The van der Waals surface area contributed by atoms with Crippen molar-refractivity contribution < 1.29 is 9.59 Å². The Hall–Kier alpha value is -3.79. The Morgan fingerprint density at radius 3 is 2.74 bits per heavy atom. The van der Waals surface area contributed by atoms with E-state index >= 15 is 0 Å². The normalized spacial score (nSPS) is 17.9. The molecule has 2 heterocycles. The van der Waals surface area contributed by atoms with Gasteiger partial charge in [-0.2, -0.15) is 0 Å². The van der Waals surface area contributed by atoms with Gasteiger partial charge in [0.05, 0.1) is 11.6 Å². The second kappa shape index (κ2) is 9.60. The molecule has 2 atom stereocenters. The number of nitrogens with zero attached hydrogens (tertiary/aromatic N) is 2. The van der Waals surface area contributed by atoms with Gasteiger partial charge in [-0.25, -0.2) is 4.98 Å². The summed E-state index contributed by atoms with van der Waals surface area (Å²) in [7, 11) is 0. The number of ketones is 2. The van der Waals surface area contributed by atoms with Crippen LogP contribution in [-0.2, 0) is 22.4 Å². The largest absolute Gasteiger partial charge is 0.307 e. The van der Waals surface area contributed by atoms with E-state index in [2.05, 4.69) is 58.9 Å². The van der Waals surface area contributed by atoms with Gasteiger partial charge in [0.15, 0.2) is 11.6 Å². The molecule has 5 rings (SSSR count). The Labute approximate surface area is 200 Å². The minimum absolute atomic E-state index is 0.0186. The lowest BCUT2D eigenvalue weighted by Gasteiger charge is -2.19. The first kappa shape index (κ1) is 22.0. The number of rotatable bonds is 8. The standard InChI is InChI=1S/C30H28N2O2/c1-21(23-7-3-2-4-8-23)11-12-22-13-16-30-31-26(20-32(30)19-22)14-15-28(33)25-17-24-9-5-6-10-27(24)29(34)18-25/h2-10,13,16-21,27H,11-12,14-15H2,1H3. The number of carbonyl (C=O) groups excluding carboxylic acids is 2. The second-order valence-corrected chi connectivity index (χ2v) is 9.18. The molecule has 0 fully saturated rings. The van der Waals surface area contributed by atoms with Crippen LogP contribution in [0.4, 0.5) is 0 Å². The summed E-state index contributed by atoms with van der Waals surface area (Å²) in [4.78, 5) is 29.8. The van der Waals surface area contributed by atoms with Crippen LogP contribution in [0.25, 0.3) is 5.65 Å². The van der Waals surface area contributed by atoms with Crippen LogP contribution in [0, 0.1) is 5.92 Å². The molecule has 34 heavy (non-hydrogen) atoms. The van der Waals surface area contributed by atoms with Crippen molar-refractivity contribution in [2.45, 2.75) is 38.5 Å². The highest BCUT2D eigenvalue weighted by Crippen LogP contribution is 2.27. The third-order valence-electron chi connectivity index (χ3n) is 6.72. The summed E-state index contributed by atoms with van der Waals surface area (Å²) in [5, 5.41) is 0. The van der Waals surface area contributed by atoms with Gasteiger partial charge in [-0.05, 0) is 60.1 Å². The molecule has 0 N–H and O–H groups in total. The van der Waals surface area contributed by atoms with Gasteiger partial charge in [0.1, 0.15) is 5.65 Å². The molecule has 170 valence electrons. The van der Waals surface area contributed by atoms with E-state index in [1.165, 1.54) is 17.2 Å². The van der Waals surface area contributed by atoms with E-state index in [1.807, 2.05) is 42.6 Å². The van der Waals surface area contributed by atoms with E-state index in [9.17, 15) is 9.59 Å². The van der Waals surface area contributed by atoms with Crippen molar-refractivity contribution in [1.82, 2.24) is 9.38 Å². The topological polar surface area (TPSA) is 51.4 Å². The average Bonchev–Trinajstić information content (AvgIpc) is 3.28. The van der Waals surface area contributed by atoms with E-state index < -0.39 is 0 Å². The molecule has 0 amide bonds. The van der Waals surface area contributed by atoms with Crippen molar-refractivity contribution >= 4 is 17.2 Å². The quantitative estimate of drug-likeness (QED) is 0.441. The second-order valence-electron chi connectivity index (χ2n) is 9.18. The van der Waals surface area contributed by atoms with Crippen molar-refractivity contribution in [1.29, 1.82) is 0 Å². The first-order chi connectivity index (χ1) is 16.6. The lowest BCUT2D eigenvalue weighted by molar-refractivity contribution is -0.118. The molecule has 2 unspecified atom stereocenters. The van der Waals surface area contributed by atoms with Crippen molar-refractivity contribution in [2.75, 3.05) is 0 Å². The minimum Gasteiger partial charge on any atom is -0.307 e. The number of allylic oxidation sites excluding steroid dienone is 8. The summed E-state index contributed by atoms with van der Waals surface area (Å²) in [5.74, 6) is 0.218. The number of fused-ring (bicyclic) bond motifs is 2. The van der Waals surface area contributed by atoms with Crippen LogP contribution < -0.4 is 0 Å². The number of Topliss-reactive ketones (excluding diaryl/α,β-unsaturated/α-hetero) is 1. The lowest BCUT2D eigenvalue weighted by atomic mass is 9.83. The van der Waals surface area contributed by atoms with Crippen molar-refractivity contribution in [3.8, 4) is 0 Å². The molecule has 0 radical (unpaired) electrons. The third-order valence-corrected chi connectivity index (χ3v) is 6.72. The maximum absolute atomic E-state index is 12.8. The number of benzene rings is 1. The molecule has 0 bridgehead atoms. The van der Waals surface area contributed by atoms with Gasteiger partial charge in [0, 0.05) is 24.4 Å². The molecule has 3 aromatic rings. The number of carbonyl (C=O) groups is 2. The van der Waals surface area contributed by atoms with E-state index in [-0.39, 0.29) is 17.5 Å². The zero-order valence-corrected chi connectivity index (χ0v) is 19.4. The molecular formula is C30H28N2O2. The predicted octanol–water partition coefficient (Wildman–Crippen LogP) is 5.75. The van der Waals surface area contributed by atoms with E-state index in [0.717, 1.165) is 29.8 Å². The molecule has 2 aliphatic carbocycles. The Kier molecular flexibility index (Phi) is 6.22. The Morgan fingerprint density at radius 1 is 1.03 bits per heavy atom. The van der Waals surface area contributed by atoms with Gasteiger partial charge in [-0.1, -0.05) is 67.6 Å². The Morgan fingerprint density at radius 2 is 1.88 bits per heavy atom. The fourth-order valence-electron chi connectivity index (χ4n) is 4.66. The molecule has 2 aliphatic rings. The average molecular weight is 449 g/mol. The number of hydrogen-bond acceptors (Lipinski definition) is 3. The number of aromatic nitrogens is 2. The fraction of sp³-hybridized carbons (Fsp3) is 0.233. The highest BCUT2D eigenvalue weighted by atomic mass is 16.1. The van der Waals surface area contributed by atoms with Crippen molar-refractivity contribution in [2.24, 2.45) is 5.92 Å². The molecule has 1 aromatic carbocycles. The summed E-state index contributed by atoms with van der Waals surface area (Å²) in [5.41, 5.74) is 5.80. The molecule has 0 saturated heterocycles. The molecule has 4 heteroatoms. The van der Waals surface area contributed by atoms with E-state index in [4.69, 9.17) is 0 Å². The summed E-state index contributed by atoms with van der Waals surface area (Å²) in [6.45, 7) is 2.27. The van der Waals surface area contributed by atoms with E-state index in [1.54, 1.807) is 0 Å². The molecule has 4 nitrogen and oxygen atoms in total. The Bertz CT molecular complexity index is 1350. The van der Waals surface area contributed by atoms with Gasteiger partial charge >= 0.3 is 0 Å². The highest BCUT2D eigenvalue weighted by molar-refractivity contribution is 6.09. The van der Waals surface area contributed by atoms with Gasteiger partial charge in [-0.3, -0.25) is 9.59 Å². The molecule has 0 spiro atoms. The molecule has 0 saturated carbocycles. The van der Waals surface area contributed by atoms with Gasteiger partial charge in [0.2, 0.25) is 0 Å². The first-order valence-corrected chi connectivity index (χ1v) is 11.9. The SMILES string of the molecule is CC(CCc1ccc2nc(CCC(=O)C3=CC(=O)C4C=CC=CC4=C3)cn2c1)c1ccccc1. The van der Waals surface area contributed by atoms with Crippen LogP contribution in [0.15, 0.2) is 102 Å². The van der Waals surface area contributed by atoms with Gasteiger partial charge < -0.3 is 4.40 Å². The van der Waals surface area contributed by atoms with Crippen LogP contribution in [0.1, 0.15) is 42.5 Å². The number of pyridine rings is 1. The number of hydrogen-bond donors (Lipinski definition) is 0. The molecule has 0 aliphatic heterocycles. The summed E-state index contributed by atoms with van der Waals surface area (Å²) >= 11 is 0. The van der Waals surface area contributed by atoms with E-state index in [0.29, 0.717) is 24.3 Å². The zero-order valence-electron chi connectivity index (χ0n) is 19.4. The van der Waals surface area contributed by atoms with Crippen LogP contribution in [0.2, 0.25) is 0 Å². The molecule has 2 aromatic heterocycles. The third kappa shape index (κ3) is 4.76. The smallest absolute Gasteiger partial charge is 0.167 e.